The third kappa shape index (κ3) is 7.06. The summed E-state index contributed by atoms with van der Waals surface area (Å²) in [5.41, 5.74) is 0.0128. The Balaban J connectivity index is 2.04. The minimum absolute atomic E-state index is 0.0128. The third-order valence-electron chi connectivity index (χ3n) is 5.07. The molecule has 1 unspecified atom stereocenters. The number of Topliss-reactive ketones (excluding diaryl/α,β-unsaturated/α-hetero) is 1. The first-order chi connectivity index (χ1) is 11.5. The van der Waals surface area contributed by atoms with E-state index in [-0.39, 0.29) is 29.6 Å². The van der Waals surface area contributed by atoms with Crippen molar-refractivity contribution in [3.63, 3.8) is 0 Å². The summed E-state index contributed by atoms with van der Waals surface area (Å²) in [6.07, 6.45) is 12.7. The van der Waals surface area contributed by atoms with Crippen molar-refractivity contribution in [3.8, 4) is 0 Å². The smallest absolute Gasteiger partial charge is 0.261 e. The fourth-order valence-corrected chi connectivity index (χ4v) is 3.14. The highest BCUT2D eigenvalue weighted by Crippen LogP contribution is 2.20. The van der Waals surface area contributed by atoms with Crippen LogP contribution in [0.15, 0.2) is 11.3 Å². The Hall–Kier alpha value is -1.32. The first-order valence-corrected chi connectivity index (χ1v) is 9.68. The van der Waals surface area contributed by atoms with Crippen molar-refractivity contribution >= 4 is 11.7 Å². The van der Waals surface area contributed by atoms with Gasteiger partial charge in [-0.1, -0.05) is 71.6 Å². The zero-order chi connectivity index (χ0) is 17.9. The minimum atomic E-state index is -0.338. The number of likely N-dealkylation sites (tertiary alicyclic amines) is 1. The van der Waals surface area contributed by atoms with Gasteiger partial charge in [0.25, 0.3) is 5.91 Å². The molecule has 1 rings (SSSR count). The number of ketones is 1. The zero-order valence-corrected chi connectivity index (χ0v) is 15.8. The molecule has 1 atom stereocenters. The van der Waals surface area contributed by atoms with Crippen LogP contribution in [-0.4, -0.2) is 35.3 Å². The zero-order valence-electron chi connectivity index (χ0n) is 15.8. The van der Waals surface area contributed by atoms with Crippen LogP contribution in [0.3, 0.4) is 0 Å². The highest BCUT2D eigenvalue weighted by atomic mass is 16.3. The minimum Gasteiger partial charge on any atom is -0.511 e. The van der Waals surface area contributed by atoms with Crippen LogP contribution in [-0.2, 0) is 9.59 Å². The van der Waals surface area contributed by atoms with E-state index in [1.54, 1.807) is 7.05 Å². The lowest BCUT2D eigenvalue weighted by Gasteiger charge is -2.07. The Bertz CT molecular complexity index is 442. The molecule has 0 aromatic heterocycles. The van der Waals surface area contributed by atoms with Gasteiger partial charge in [-0.25, -0.2) is 0 Å². The Labute approximate surface area is 147 Å². The molecule has 1 N–H and O–H groups in total. The van der Waals surface area contributed by atoms with Gasteiger partial charge in [-0.05, 0) is 12.3 Å². The van der Waals surface area contributed by atoms with Crippen molar-refractivity contribution in [2.45, 2.75) is 84.5 Å². The van der Waals surface area contributed by atoms with Crippen molar-refractivity contribution in [3.05, 3.63) is 11.3 Å². The number of hydrogen-bond acceptors (Lipinski definition) is 3. The largest absolute Gasteiger partial charge is 0.511 e. The molecule has 4 heteroatoms. The molecular formula is C20H35NO3. The van der Waals surface area contributed by atoms with Gasteiger partial charge in [-0.3, -0.25) is 9.59 Å². The average Bonchev–Trinajstić information content (AvgIpc) is 2.81. The van der Waals surface area contributed by atoms with Crippen molar-refractivity contribution in [2.75, 3.05) is 13.6 Å². The van der Waals surface area contributed by atoms with Crippen LogP contribution in [0.5, 0.6) is 0 Å². The quantitative estimate of drug-likeness (QED) is 0.241. The van der Waals surface area contributed by atoms with Gasteiger partial charge in [-0.2, -0.15) is 0 Å². The summed E-state index contributed by atoms with van der Waals surface area (Å²) < 4.78 is 0. The molecule has 0 aliphatic carbocycles. The summed E-state index contributed by atoms with van der Waals surface area (Å²) in [5, 5.41) is 9.98. The fourth-order valence-electron chi connectivity index (χ4n) is 3.14. The number of unbranched alkanes of at least 4 members (excludes halogenated alkanes) is 7. The number of carbonyl (C=O) groups is 2. The van der Waals surface area contributed by atoms with E-state index in [9.17, 15) is 14.7 Å². The van der Waals surface area contributed by atoms with Crippen molar-refractivity contribution in [2.24, 2.45) is 5.92 Å². The summed E-state index contributed by atoms with van der Waals surface area (Å²) in [6, 6.07) is 0. The van der Waals surface area contributed by atoms with Gasteiger partial charge in [0, 0.05) is 13.5 Å². The molecule has 0 radical (unpaired) electrons. The molecule has 138 valence electrons. The predicted molar refractivity (Wildman–Crippen MR) is 97.9 cm³/mol. The number of aliphatic hydroxyl groups excluding tert-OH is 1. The SMILES string of the molecule is CCC(C)CCCCCCCCCC/C(O)=C1/C(=O)CN(C)C1=O. The summed E-state index contributed by atoms with van der Waals surface area (Å²) in [6.45, 7) is 4.68. The Morgan fingerprint density at radius 2 is 1.58 bits per heavy atom. The molecule has 1 fully saturated rings. The third-order valence-corrected chi connectivity index (χ3v) is 5.07. The number of rotatable bonds is 12. The predicted octanol–water partition coefficient (Wildman–Crippen LogP) is 4.79. The van der Waals surface area contributed by atoms with Crippen LogP contribution in [0.2, 0.25) is 0 Å². The van der Waals surface area contributed by atoms with E-state index in [1.807, 2.05) is 0 Å². The van der Waals surface area contributed by atoms with E-state index in [2.05, 4.69) is 13.8 Å². The molecular weight excluding hydrogens is 302 g/mol. The van der Waals surface area contributed by atoms with E-state index < -0.39 is 0 Å². The van der Waals surface area contributed by atoms with Crippen LogP contribution in [0.4, 0.5) is 0 Å². The molecule has 4 nitrogen and oxygen atoms in total. The number of hydrogen-bond donors (Lipinski definition) is 1. The topological polar surface area (TPSA) is 57.6 Å². The second kappa shape index (κ2) is 11.3. The van der Waals surface area contributed by atoms with E-state index in [0.717, 1.165) is 25.2 Å². The van der Waals surface area contributed by atoms with Crippen LogP contribution < -0.4 is 0 Å². The van der Waals surface area contributed by atoms with E-state index >= 15 is 0 Å². The van der Waals surface area contributed by atoms with E-state index in [0.29, 0.717) is 6.42 Å². The number of likely N-dealkylation sites (N-methyl/N-ethyl adjacent to an activating group) is 1. The summed E-state index contributed by atoms with van der Waals surface area (Å²) in [4.78, 5) is 24.8. The Morgan fingerprint density at radius 3 is 2.08 bits per heavy atom. The lowest BCUT2D eigenvalue weighted by molar-refractivity contribution is -0.123. The van der Waals surface area contributed by atoms with Gasteiger partial charge >= 0.3 is 0 Å². The first kappa shape index (κ1) is 20.7. The Morgan fingerprint density at radius 1 is 1.04 bits per heavy atom. The maximum atomic E-state index is 11.8. The highest BCUT2D eigenvalue weighted by Gasteiger charge is 2.33. The lowest BCUT2D eigenvalue weighted by atomic mass is 9.99. The molecule has 0 bridgehead atoms. The van der Waals surface area contributed by atoms with Gasteiger partial charge in [0.1, 0.15) is 11.3 Å². The molecule has 1 aliphatic heterocycles. The molecule has 1 amide bonds. The molecule has 0 aromatic carbocycles. The molecule has 1 heterocycles. The molecule has 1 saturated heterocycles. The second-order valence-electron chi connectivity index (χ2n) is 7.29. The van der Waals surface area contributed by atoms with Gasteiger partial charge in [-0.15, -0.1) is 0 Å². The van der Waals surface area contributed by atoms with Crippen LogP contribution in [0.1, 0.15) is 84.5 Å². The maximum absolute atomic E-state index is 11.8. The molecule has 24 heavy (non-hydrogen) atoms. The maximum Gasteiger partial charge on any atom is 0.261 e. The van der Waals surface area contributed by atoms with Crippen molar-refractivity contribution in [1.29, 1.82) is 0 Å². The summed E-state index contributed by atoms with van der Waals surface area (Å²) >= 11 is 0. The number of carbonyl (C=O) groups excluding carboxylic acids is 2. The molecule has 0 spiro atoms. The number of allylic oxidation sites excluding steroid dienone is 1. The monoisotopic (exact) mass is 337 g/mol. The number of nitrogens with zero attached hydrogens (tertiary/aromatic N) is 1. The van der Waals surface area contributed by atoms with E-state index in [1.165, 1.54) is 49.8 Å². The van der Waals surface area contributed by atoms with Crippen LogP contribution in [0.25, 0.3) is 0 Å². The van der Waals surface area contributed by atoms with Crippen LogP contribution >= 0.6 is 0 Å². The first-order valence-electron chi connectivity index (χ1n) is 9.68. The molecule has 0 saturated carbocycles. The lowest BCUT2D eigenvalue weighted by Crippen LogP contribution is -2.19. The summed E-state index contributed by atoms with van der Waals surface area (Å²) in [5.74, 6) is 0.261. The number of amides is 1. The van der Waals surface area contributed by atoms with Crippen molar-refractivity contribution < 1.29 is 14.7 Å². The molecule has 1 aliphatic rings. The molecule has 0 aromatic rings. The second-order valence-corrected chi connectivity index (χ2v) is 7.29. The standard InChI is InChI=1S/C20H35NO3/c1-4-16(2)13-11-9-7-5-6-8-10-12-14-17(22)19-18(23)15-21(3)20(19)24/h16,22H,4-15H2,1-3H3/b19-17+. The fraction of sp³-hybridized carbons (Fsp3) is 0.800. The average molecular weight is 338 g/mol. The van der Waals surface area contributed by atoms with Crippen molar-refractivity contribution in [1.82, 2.24) is 4.90 Å². The summed E-state index contributed by atoms with van der Waals surface area (Å²) in [7, 11) is 1.59. The van der Waals surface area contributed by atoms with Crippen LogP contribution in [0, 0.1) is 5.92 Å². The Kier molecular flexibility index (Phi) is 9.73. The van der Waals surface area contributed by atoms with Gasteiger partial charge in [0.2, 0.25) is 0 Å². The van der Waals surface area contributed by atoms with Gasteiger partial charge in [0.15, 0.2) is 5.78 Å². The number of aliphatic hydroxyl groups is 1. The van der Waals surface area contributed by atoms with Gasteiger partial charge < -0.3 is 10.0 Å². The normalized spacial score (nSPS) is 18.4. The van der Waals surface area contributed by atoms with Gasteiger partial charge in [0.05, 0.1) is 6.54 Å². The van der Waals surface area contributed by atoms with E-state index in [4.69, 9.17) is 0 Å². The highest BCUT2D eigenvalue weighted by molar-refractivity contribution is 6.25.